The molecule has 0 aliphatic heterocycles. The monoisotopic (exact) mass is 291 g/mol. The van der Waals surface area contributed by atoms with E-state index in [0.717, 1.165) is 19.3 Å². The number of nitrogens with one attached hydrogen (secondary N) is 1. The van der Waals surface area contributed by atoms with Crippen molar-refractivity contribution in [3.05, 3.63) is 12.0 Å². The molecule has 2 rings (SSSR count). The Bertz CT molecular complexity index is 496. The van der Waals surface area contributed by atoms with E-state index in [1.807, 2.05) is 0 Å². The third kappa shape index (κ3) is 2.70. The quantitative estimate of drug-likeness (QED) is 0.814. The normalized spacial score (nSPS) is 17.1. The first-order valence-electron chi connectivity index (χ1n) is 6.15. The van der Waals surface area contributed by atoms with E-state index in [-0.39, 0.29) is 11.1 Å². The average Bonchev–Trinajstić information content (AvgIpc) is 2.68. The van der Waals surface area contributed by atoms with Crippen LogP contribution in [0.3, 0.4) is 0 Å². The van der Waals surface area contributed by atoms with Crippen molar-refractivity contribution < 1.29 is 8.42 Å². The molecule has 1 aliphatic rings. The predicted octanol–water partition coefficient (Wildman–Crippen LogP) is 1.89. The maximum atomic E-state index is 12.5. The summed E-state index contributed by atoms with van der Waals surface area (Å²) >= 11 is 5.67. The van der Waals surface area contributed by atoms with Gasteiger partial charge in [-0.2, -0.15) is 4.31 Å². The van der Waals surface area contributed by atoms with Crippen molar-refractivity contribution in [2.45, 2.75) is 43.7 Å². The zero-order valence-corrected chi connectivity index (χ0v) is 12.0. The predicted molar refractivity (Wildman–Crippen MR) is 70.2 cm³/mol. The molecule has 0 spiro atoms. The Morgan fingerprint density at radius 2 is 2.28 bits per heavy atom. The highest BCUT2D eigenvalue weighted by molar-refractivity contribution is 7.89. The second-order valence-electron chi connectivity index (χ2n) is 4.58. The molecule has 0 saturated heterocycles. The molecule has 1 fully saturated rings. The minimum absolute atomic E-state index is 0.127. The summed E-state index contributed by atoms with van der Waals surface area (Å²) in [5.41, 5.74) is 0. The van der Waals surface area contributed by atoms with Crippen LogP contribution < -0.4 is 0 Å². The Balaban J connectivity index is 2.22. The molecule has 102 valence electrons. The number of aryl methyl sites for hydroxylation is 1. The standard InChI is InChI=1S/C11H18ClN3O2S/c1-9-13-8-11(14-9)18(16,17)15(7-3-6-12)10-4-2-5-10/h8,10H,2-7H2,1H3,(H,13,14). The maximum Gasteiger partial charge on any atom is 0.260 e. The number of aromatic nitrogens is 2. The van der Waals surface area contributed by atoms with E-state index in [1.165, 1.54) is 6.20 Å². The van der Waals surface area contributed by atoms with Crippen LogP contribution in [0.25, 0.3) is 0 Å². The molecular formula is C11H18ClN3O2S. The lowest BCUT2D eigenvalue weighted by molar-refractivity contribution is 0.219. The zero-order valence-electron chi connectivity index (χ0n) is 10.4. The minimum atomic E-state index is -3.46. The van der Waals surface area contributed by atoms with Crippen molar-refractivity contribution in [3.63, 3.8) is 0 Å². The van der Waals surface area contributed by atoms with Crippen LogP contribution in [0.1, 0.15) is 31.5 Å². The van der Waals surface area contributed by atoms with Crippen molar-refractivity contribution in [2.24, 2.45) is 0 Å². The van der Waals surface area contributed by atoms with Crippen LogP contribution in [-0.4, -0.2) is 41.2 Å². The molecule has 5 nitrogen and oxygen atoms in total. The van der Waals surface area contributed by atoms with Gasteiger partial charge >= 0.3 is 0 Å². The van der Waals surface area contributed by atoms with E-state index in [2.05, 4.69) is 9.97 Å². The summed E-state index contributed by atoms with van der Waals surface area (Å²) in [6.07, 6.45) is 5.03. The van der Waals surface area contributed by atoms with Gasteiger partial charge < -0.3 is 4.98 Å². The second-order valence-corrected chi connectivity index (χ2v) is 6.81. The number of sulfonamides is 1. The number of imidazole rings is 1. The fourth-order valence-electron chi connectivity index (χ4n) is 2.04. The maximum absolute atomic E-state index is 12.5. The number of nitrogens with zero attached hydrogens (tertiary/aromatic N) is 2. The molecule has 0 bridgehead atoms. The fourth-order valence-corrected chi connectivity index (χ4v) is 3.85. The van der Waals surface area contributed by atoms with Gasteiger partial charge in [0.25, 0.3) is 10.0 Å². The van der Waals surface area contributed by atoms with E-state index >= 15 is 0 Å². The van der Waals surface area contributed by atoms with Crippen LogP contribution in [0.15, 0.2) is 11.2 Å². The molecule has 1 N–H and O–H groups in total. The third-order valence-corrected chi connectivity index (χ3v) is 5.39. The molecule has 18 heavy (non-hydrogen) atoms. The Kier molecular flexibility index (Phi) is 4.29. The molecule has 7 heteroatoms. The molecule has 1 aliphatic carbocycles. The molecule has 0 radical (unpaired) electrons. The van der Waals surface area contributed by atoms with Crippen LogP contribution >= 0.6 is 11.6 Å². The Morgan fingerprint density at radius 3 is 2.72 bits per heavy atom. The van der Waals surface area contributed by atoms with Crippen molar-refractivity contribution in [1.82, 2.24) is 14.3 Å². The highest BCUT2D eigenvalue weighted by atomic mass is 35.5. The Hall–Kier alpha value is -0.590. The Morgan fingerprint density at radius 1 is 1.56 bits per heavy atom. The number of H-pyrrole nitrogens is 1. The molecule has 0 atom stereocenters. The lowest BCUT2D eigenvalue weighted by atomic mass is 9.93. The van der Waals surface area contributed by atoms with Gasteiger partial charge in [0, 0.05) is 18.5 Å². The average molecular weight is 292 g/mol. The minimum Gasteiger partial charge on any atom is -0.332 e. The topological polar surface area (TPSA) is 66.1 Å². The summed E-state index contributed by atoms with van der Waals surface area (Å²) in [5, 5.41) is 0.182. The molecule has 1 aromatic rings. The molecule has 1 saturated carbocycles. The summed E-state index contributed by atoms with van der Waals surface area (Å²) in [5.74, 6) is 1.08. The van der Waals surface area contributed by atoms with Crippen molar-refractivity contribution in [1.29, 1.82) is 0 Å². The second kappa shape index (κ2) is 5.59. The van der Waals surface area contributed by atoms with Crippen molar-refractivity contribution in [2.75, 3.05) is 12.4 Å². The number of rotatable bonds is 6. The van der Waals surface area contributed by atoms with Crippen LogP contribution in [0.2, 0.25) is 0 Å². The molecule has 0 aromatic carbocycles. The summed E-state index contributed by atoms with van der Waals surface area (Å²) < 4.78 is 26.6. The summed E-state index contributed by atoms with van der Waals surface area (Å²) in [6.45, 7) is 2.22. The van der Waals surface area contributed by atoms with E-state index < -0.39 is 10.0 Å². The number of aromatic amines is 1. The van der Waals surface area contributed by atoms with Gasteiger partial charge in [0.1, 0.15) is 5.82 Å². The van der Waals surface area contributed by atoms with Gasteiger partial charge in [0.2, 0.25) is 0 Å². The van der Waals surface area contributed by atoms with Gasteiger partial charge in [-0.15, -0.1) is 11.6 Å². The molecule has 0 unspecified atom stereocenters. The summed E-state index contributed by atoms with van der Waals surface area (Å²) in [6, 6.07) is 0.127. The van der Waals surface area contributed by atoms with Crippen LogP contribution in [0.4, 0.5) is 0 Å². The highest BCUT2D eigenvalue weighted by Crippen LogP contribution is 2.29. The largest absolute Gasteiger partial charge is 0.332 e. The number of alkyl halides is 1. The summed E-state index contributed by atoms with van der Waals surface area (Å²) in [4.78, 5) is 6.76. The summed E-state index contributed by atoms with van der Waals surface area (Å²) in [7, 11) is -3.46. The van der Waals surface area contributed by atoms with Crippen LogP contribution in [0.5, 0.6) is 0 Å². The van der Waals surface area contributed by atoms with Crippen molar-refractivity contribution >= 4 is 21.6 Å². The first-order chi connectivity index (χ1) is 8.55. The van der Waals surface area contributed by atoms with Gasteiger partial charge in [-0.05, 0) is 26.2 Å². The fraction of sp³-hybridized carbons (Fsp3) is 0.727. The van der Waals surface area contributed by atoms with Gasteiger partial charge in [-0.1, -0.05) is 6.42 Å². The number of hydrogen-bond acceptors (Lipinski definition) is 3. The smallest absolute Gasteiger partial charge is 0.260 e. The van der Waals surface area contributed by atoms with Gasteiger partial charge in [-0.3, -0.25) is 0 Å². The molecular weight excluding hydrogens is 274 g/mol. The number of hydrogen-bond donors (Lipinski definition) is 1. The van der Waals surface area contributed by atoms with E-state index in [1.54, 1.807) is 11.2 Å². The van der Waals surface area contributed by atoms with E-state index in [4.69, 9.17) is 11.6 Å². The number of halogens is 1. The van der Waals surface area contributed by atoms with Gasteiger partial charge in [-0.25, -0.2) is 13.4 Å². The van der Waals surface area contributed by atoms with Gasteiger partial charge in [0.05, 0.1) is 6.20 Å². The van der Waals surface area contributed by atoms with Crippen LogP contribution in [-0.2, 0) is 10.0 Å². The Labute approximate surface area is 113 Å². The molecule has 1 heterocycles. The zero-order chi connectivity index (χ0) is 13.2. The highest BCUT2D eigenvalue weighted by Gasteiger charge is 2.35. The molecule has 0 amide bonds. The lowest BCUT2D eigenvalue weighted by Crippen LogP contribution is -2.44. The third-order valence-electron chi connectivity index (χ3n) is 3.26. The van der Waals surface area contributed by atoms with E-state index in [0.29, 0.717) is 24.7 Å². The van der Waals surface area contributed by atoms with E-state index in [9.17, 15) is 8.42 Å². The van der Waals surface area contributed by atoms with Gasteiger partial charge in [0.15, 0.2) is 5.03 Å². The van der Waals surface area contributed by atoms with Crippen molar-refractivity contribution in [3.8, 4) is 0 Å². The SMILES string of the molecule is Cc1ncc(S(=O)(=O)N(CCCCl)C2CCC2)[nH]1. The van der Waals surface area contributed by atoms with Crippen LogP contribution in [0, 0.1) is 6.92 Å². The lowest BCUT2D eigenvalue weighted by Gasteiger charge is -2.36. The first kappa shape index (κ1) is 13.8. The first-order valence-corrected chi connectivity index (χ1v) is 8.12. The molecule has 1 aromatic heterocycles.